The minimum atomic E-state index is 0.0161. The van der Waals surface area contributed by atoms with Crippen molar-refractivity contribution in [3.05, 3.63) is 53.7 Å². The van der Waals surface area contributed by atoms with Crippen molar-refractivity contribution in [2.45, 2.75) is 31.7 Å². The van der Waals surface area contributed by atoms with Crippen LogP contribution in [0.1, 0.15) is 37.3 Å². The van der Waals surface area contributed by atoms with Gasteiger partial charge in [0.1, 0.15) is 0 Å². The molecule has 0 aliphatic heterocycles. The van der Waals surface area contributed by atoms with E-state index in [2.05, 4.69) is 23.2 Å². The summed E-state index contributed by atoms with van der Waals surface area (Å²) in [6.07, 6.45) is 9.09. The molecule has 18 heavy (non-hydrogen) atoms. The molecule has 2 heteroatoms. The third-order valence-electron chi connectivity index (χ3n) is 3.70. The van der Waals surface area contributed by atoms with Crippen LogP contribution in [0.4, 0.5) is 0 Å². The predicted octanol–water partition coefficient (Wildman–Crippen LogP) is 3.74. The molecule has 3 rings (SSSR count). The van der Waals surface area contributed by atoms with Crippen LogP contribution < -0.4 is 5.73 Å². The number of hydrogen-bond acceptors (Lipinski definition) is 2. The first-order valence-electron chi connectivity index (χ1n) is 6.64. The highest BCUT2D eigenvalue weighted by molar-refractivity contribution is 5.78. The molecule has 1 heterocycles. The molecule has 1 aromatic carbocycles. The smallest absolute Gasteiger partial charge is 0.0702 e. The summed E-state index contributed by atoms with van der Waals surface area (Å²) < 4.78 is 0. The Balaban J connectivity index is 1.96. The van der Waals surface area contributed by atoms with Gasteiger partial charge >= 0.3 is 0 Å². The molecule has 0 spiro atoms. The van der Waals surface area contributed by atoms with Crippen LogP contribution in [0.25, 0.3) is 10.9 Å². The van der Waals surface area contributed by atoms with Crippen LogP contribution >= 0.6 is 0 Å². The van der Waals surface area contributed by atoms with Gasteiger partial charge in [0.05, 0.1) is 11.6 Å². The first-order valence-corrected chi connectivity index (χ1v) is 6.64. The summed E-state index contributed by atoms with van der Waals surface area (Å²) in [5.41, 5.74) is 9.89. The third-order valence-corrected chi connectivity index (χ3v) is 3.70. The van der Waals surface area contributed by atoms with Crippen molar-refractivity contribution in [3.63, 3.8) is 0 Å². The lowest BCUT2D eigenvalue weighted by Gasteiger charge is -2.20. The second-order valence-electron chi connectivity index (χ2n) is 4.96. The van der Waals surface area contributed by atoms with Crippen LogP contribution in [0.2, 0.25) is 0 Å². The second kappa shape index (κ2) is 4.91. The van der Waals surface area contributed by atoms with E-state index in [4.69, 9.17) is 5.73 Å². The lowest BCUT2D eigenvalue weighted by Crippen LogP contribution is -2.15. The zero-order valence-electron chi connectivity index (χ0n) is 10.5. The van der Waals surface area contributed by atoms with Crippen LogP contribution in [-0.4, -0.2) is 4.98 Å². The van der Waals surface area contributed by atoms with Gasteiger partial charge in [-0.05, 0) is 43.4 Å². The fraction of sp³-hybridized carbons (Fsp3) is 0.312. The highest BCUT2D eigenvalue weighted by Gasteiger charge is 2.14. The molecule has 1 aromatic heterocycles. The van der Waals surface area contributed by atoms with Gasteiger partial charge in [0, 0.05) is 11.6 Å². The molecule has 0 amide bonds. The Kier molecular flexibility index (Phi) is 3.11. The van der Waals surface area contributed by atoms with E-state index >= 15 is 0 Å². The van der Waals surface area contributed by atoms with Gasteiger partial charge < -0.3 is 5.73 Å². The Morgan fingerprint density at radius 2 is 2.06 bits per heavy atom. The van der Waals surface area contributed by atoms with Gasteiger partial charge in [-0.1, -0.05) is 29.8 Å². The van der Waals surface area contributed by atoms with E-state index in [1.165, 1.54) is 30.2 Å². The van der Waals surface area contributed by atoms with E-state index in [0.29, 0.717) is 0 Å². The van der Waals surface area contributed by atoms with Gasteiger partial charge in [-0.15, -0.1) is 0 Å². The van der Waals surface area contributed by atoms with Crippen LogP contribution in [0.5, 0.6) is 0 Å². The minimum absolute atomic E-state index is 0.0161. The van der Waals surface area contributed by atoms with Crippen molar-refractivity contribution >= 4 is 10.9 Å². The van der Waals surface area contributed by atoms with Crippen molar-refractivity contribution in [2.24, 2.45) is 5.73 Å². The van der Waals surface area contributed by atoms with Crippen molar-refractivity contribution in [3.8, 4) is 0 Å². The monoisotopic (exact) mass is 238 g/mol. The summed E-state index contributed by atoms with van der Waals surface area (Å²) in [5.74, 6) is 0. The quantitative estimate of drug-likeness (QED) is 0.809. The number of para-hydroxylation sites is 1. The maximum Gasteiger partial charge on any atom is 0.0702 e. The molecular formula is C16H18N2. The number of hydrogen-bond donors (Lipinski definition) is 1. The Morgan fingerprint density at radius 3 is 2.89 bits per heavy atom. The van der Waals surface area contributed by atoms with Crippen molar-refractivity contribution in [1.29, 1.82) is 0 Å². The molecule has 1 aliphatic carbocycles. The SMILES string of the molecule is NC(C1=CCCCC1)c1cnc2ccccc2c1. The fourth-order valence-corrected chi connectivity index (χ4v) is 2.62. The van der Waals surface area contributed by atoms with Crippen LogP contribution in [0.3, 0.4) is 0 Å². The zero-order chi connectivity index (χ0) is 12.4. The van der Waals surface area contributed by atoms with Crippen LogP contribution in [0, 0.1) is 0 Å². The van der Waals surface area contributed by atoms with Gasteiger partial charge in [0.15, 0.2) is 0 Å². The zero-order valence-corrected chi connectivity index (χ0v) is 10.5. The first kappa shape index (κ1) is 11.4. The summed E-state index contributed by atoms with van der Waals surface area (Å²) in [5, 5.41) is 1.17. The Bertz CT molecular complexity index is 586. The summed E-state index contributed by atoms with van der Waals surface area (Å²) in [6, 6.07) is 10.4. The number of nitrogens with zero attached hydrogens (tertiary/aromatic N) is 1. The molecule has 0 saturated heterocycles. The number of aromatic nitrogens is 1. The molecule has 0 radical (unpaired) electrons. The molecule has 2 aromatic rings. The molecule has 2 N–H and O–H groups in total. The third kappa shape index (κ3) is 2.16. The molecule has 0 bridgehead atoms. The summed E-state index contributed by atoms with van der Waals surface area (Å²) in [4.78, 5) is 4.49. The summed E-state index contributed by atoms with van der Waals surface area (Å²) in [7, 11) is 0. The lowest BCUT2D eigenvalue weighted by molar-refractivity contribution is 0.648. The second-order valence-corrected chi connectivity index (χ2v) is 4.96. The Labute approximate surface area is 108 Å². The maximum absolute atomic E-state index is 6.35. The standard InChI is InChI=1S/C16H18N2/c17-16(12-6-2-1-3-7-12)14-10-13-8-4-5-9-15(13)18-11-14/h4-6,8-11,16H,1-3,7,17H2. The van der Waals surface area contributed by atoms with Crippen LogP contribution in [0.15, 0.2) is 48.2 Å². The number of fused-ring (bicyclic) bond motifs is 1. The van der Waals surface area contributed by atoms with E-state index in [-0.39, 0.29) is 6.04 Å². The summed E-state index contributed by atoms with van der Waals surface area (Å²) in [6.45, 7) is 0. The van der Waals surface area contributed by atoms with Gasteiger partial charge in [-0.2, -0.15) is 0 Å². The normalized spacial score (nSPS) is 17.5. The van der Waals surface area contributed by atoms with E-state index in [9.17, 15) is 0 Å². The van der Waals surface area contributed by atoms with Gasteiger partial charge in [-0.25, -0.2) is 0 Å². The van der Waals surface area contributed by atoms with Crippen molar-refractivity contribution in [2.75, 3.05) is 0 Å². The molecule has 1 unspecified atom stereocenters. The maximum atomic E-state index is 6.35. The average molecular weight is 238 g/mol. The highest BCUT2D eigenvalue weighted by atomic mass is 14.7. The number of nitrogens with two attached hydrogens (primary N) is 1. The molecule has 1 atom stereocenters. The van der Waals surface area contributed by atoms with Gasteiger partial charge in [0.2, 0.25) is 0 Å². The molecule has 0 saturated carbocycles. The fourth-order valence-electron chi connectivity index (χ4n) is 2.62. The number of benzene rings is 1. The van der Waals surface area contributed by atoms with Gasteiger partial charge in [0.25, 0.3) is 0 Å². The molecule has 92 valence electrons. The molecule has 2 nitrogen and oxygen atoms in total. The van der Waals surface area contributed by atoms with Crippen molar-refractivity contribution in [1.82, 2.24) is 4.98 Å². The predicted molar refractivity (Wildman–Crippen MR) is 75.2 cm³/mol. The van der Waals surface area contributed by atoms with Crippen molar-refractivity contribution < 1.29 is 0 Å². The molecular weight excluding hydrogens is 220 g/mol. The number of rotatable bonds is 2. The first-order chi connectivity index (χ1) is 8.84. The Hall–Kier alpha value is -1.67. The molecule has 1 aliphatic rings. The van der Waals surface area contributed by atoms with E-state index in [1.54, 1.807) is 0 Å². The number of pyridine rings is 1. The minimum Gasteiger partial charge on any atom is -0.320 e. The van der Waals surface area contributed by atoms with E-state index < -0.39 is 0 Å². The Morgan fingerprint density at radius 1 is 1.17 bits per heavy atom. The van der Waals surface area contributed by atoms with E-state index in [0.717, 1.165) is 17.5 Å². The summed E-state index contributed by atoms with van der Waals surface area (Å²) >= 11 is 0. The van der Waals surface area contributed by atoms with Gasteiger partial charge in [-0.3, -0.25) is 4.98 Å². The lowest BCUT2D eigenvalue weighted by atomic mass is 9.91. The average Bonchev–Trinajstić information content (AvgIpc) is 2.47. The molecule has 0 fully saturated rings. The topological polar surface area (TPSA) is 38.9 Å². The largest absolute Gasteiger partial charge is 0.320 e. The van der Waals surface area contributed by atoms with E-state index in [1.807, 2.05) is 24.4 Å². The van der Waals surface area contributed by atoms with Crippen LogP contribution in [-0.2, 0) is 0 Å². The highest BCUT2D eigenvalue weighted by Crippen LogP contribution is 2.28. The number of allylic oxidation sites excluding steroid dienone is 1.